The molecule has 1 aliphatic rings. The summed E-state index contributed by atoms with van der Waals surface area (Å²) in [5, 5.41) is 2.93. The van der Waals surface area contributed by atoms with E-state index < -0.39 is 0 Å². The Kier molecular flexibility index (Phi) is 5.61. The lowest BCUT2D eigenvalue weighted by Crippen LogP contribution is -2.37. The summed E-state index contributed by atoms with van der Waals surface area (Å²) in [7, 11) is 0. The Labute approximate surface area is 120 Å². The lowest BCUT2D eigenvalue weighted by molar-refractivity contribution is 0.0913. The van der Waals surface area contributed by atoms with E-state index in [9.17, 15) is 4.79 Å². The first-order chi connectivity index (χ1) is 9.69. The molecule has 1 fully saturated rings. The minimum absolute atomic E-state index is 0.157. The van der Waals surface area contributed by atoms with Gasteiger partial charge in [-0.1, -0.05) is 13.3 Å². The fraction of sp³-hybridized carbons (Fsp3) is 0.667. The normalized spacial score (nSPS) is 17.9. The number of likely N-dealkylation sites (tertiary alicyclic amines) is 1. The van der Waals surface area contributed by atoms with Gasteiger partial charge in [-0.05, 0) is 44.0 Å². The van der Waals surface area contributed by atoms with Gasteiger partial charge in [-0.25, -0.2) is 0 Å². The highest BCUT2D eigenvalue weighted by atomic mass is 16.4. The molecule has 1 aromatic rings. The highest BCUT2D eigenvalue weighted by molar-refractivity contribution is 5.91. The summed E-state index contributed by atoms with van der Waals surface area (Å²) < 4.78 is 5.33. The van der Waals surface area contributed by atoms with Crippen molar-refractivity contribution in [1.82, 2.24) is 10.2 Å². The second kappa shape index (κ2) is 7.45. The van der Waals surface area contributed by atoms with Crippen LogP contribution < -0.4 is 11.1 Å². The molecule has 0 bridgehead atoms. The maximum atomic E-state index is 11.9. The average molecular weight is 279 g/mol. The molecule has 1 atom stereocenters. The van der Waals surface area contributed by atoms with Gasteiger partial charge in [-0.15, -0.1) is 0 Å². The van der Waals surface area contributed by atoms with E-state index in [0.29, 0.717) is 30.5 Å². The van der Waals surface area contributed by atoms with Gasteiger partial charge < -0.3 is 20.4 Å². The molecular formula is C15H25N3O2. The molecule has 20 heavy (non-hydrogen) atoms. The number of nitrogens with zero attached hydrogens (tertiary/aromatic N) is 1. The van der Waals surface area contributed by atoms with Crippen LogP contribution >= 0.6 is 0 Å². The van der Waals surface area contributed by atoms with Crippen molar-refractivity contribution in [3.05, 3.63) is 23.7 Å². The summed E-state index contributed by atoms with van der Waals surface area (Å²) in [6, 6.07) is 3.42. The fourth-order valence-electron chi connectivity index (χ4n) is 2.61. The third-order valence-electron chi connectivity index (χ3n) is 3.72. The molecule has 0 spiro atoms. The van der Waals surface area contributed by atoms with E-state index >= 15 is 0 Å². The summed E-state index contributed by atoms with van der Waals surface area (Å²) in [6.45, 7) is 6.59. The molecule has 2 heterocycles. The average Bonchev–Trinajstić information content (AvgIpc) is 2.95. The predicted molar refractivity (Wildman–Crippen MR) is 78.4 cm³/mol. The minimum atomic E-state index is -0.157. The van der Waals surface area contributed by atoms with Gasteiger partial charge in [0.2, 0.25) is 0 Å². The molecule has 5 nitrogen and oxygen atoms in total. The highest BCUT2D eigenvalue weighted by Gasteiger charge is 2.15. The maximum Gasteiger partial charge on any atom is 0.287 e. The zero-order valence-corrected chi connectivity index (χ0v) is 12.2. The number of carbonyl (C=O) groups excluding carboxylic acids is 1. The largest absolute Gasteiger partial charge is 0.455 e. The van der Waals surface area contributed by atoms with Gasteiger partial charge >= 0.3 is 0 Å². The smallest absolute Gasteiger partial charge is 0.287 e. The number of piperidine rings is 1. The van der Waals surface area contributed by atoms with Gasteiger partial charge in [0.25, 0.3) is 5.91 Å². The van der Waals surface area contributed by atoms with Crippen LogP contribution in [0.2, 0.25) is 0 Å². The SMILES string of the molecule is CC(CNC(=O)c1ccc(CN)o1)CN1CCCCC1. The van der Waals surface area contributed by atoms with E-state index in [4.69, 9.17) is 10.2 Å². The van der Waals surface area contributed by atoms with Crippen molar-refractivity contribution >= 4 is 5.91 Å². The summed E-state index contributed by atoms with van der Waals surface area (Å²) in [5.74, 6) is 1.27. The minimum Gasteiger partial charge on any atom is -0.455 e. The lowest BCUT2D eigenvalue weighted by Gasteiger charge is -2.29. The topological polar surface area (TPSA) is 71.5 Å². The molecule has 0 aliphatic carbocycles. The Morgan fingerprint density at radius 2 is 2.15 bits per heavy atom. The van der Waals surface area contributed by atoms with Crippen LogP contribution in [0.1, 0.15) is 42.5 Å². The van der Waals surface area contributed by atoms with Gasteiger partial charge in [-0.3, -0.25) is 4.79 Å². The highest BCUT2D eigenvalue weighted by Crippen LogP contribution is 2.11. The lowest BCUT2D eigenvalue weighted by atomic mass is 10.1. The molecule has 3 N–H and O–H groups in total. The summed E-state index contributed by atoms with van der Waals surface area (Å²) >= 11 is 0. The third-order valence-corrected chi connectivity index (χ3v) is 3.72. The van der Waals surface area contributed by atoms with Crippen LogP contribution in [0, 0.1) is 5.92 Å². The molecule has 1 amide bonds. The Hall–Kier alpha value is -1.33. The quantitative estimate of drug-likeness (QED) is 0.829. The Bertz CT molecular complexity index is 425. The van der Waals surface area contributed by atoms with E-state index in [1.807, 2.05) is 0 Å². The van der Waals surface area contributed by atoms with E-state index in [1.54, 1.807) is 12.1 Å². The number of hydrogen-bond acceptors (Lipinski definition) is 4. The number of carbonyl (C=O) groups is 1. The Morgan fingerprint density at radius 1 is 1.40 bits per heavy atom. The van der Waals surface area contributed by atoms with Gasteiger partial charge in [0.15, 0.2) is 5.76 Å². The predicted octanol–water partition coefficient (Wildman–Crippen LogP) is 1.59. The molecule has 1 aliphatic heterocycles. The van der Waals surface area contributed by atoms with E-state index in [1.165, 1.54) is 32.4 Å². The summed E-state index contributed by atoms with van der Waals surface area (Å²) in [5.41, 5.74) is 5.46. The van der Waals surface area contributed by atoms with Crippen LogP contribution in [0.25, 0.3) is 0 Å². The number of nitrogens with one attached hydrogen (secondary N) is 1. The van der Waals surface area contributed by atoms with Gasteiger partial charge in [0.1, 0.15) is 5.76 Å². The van der Waals surface area contributed by atoms with E-state index in [0.717, 1.165) is 6.54 Å². The van der Waals surface area contributed by atoms with Crippen LogP contribution in [0.5, 0.6) is 0 Å². The molecule has 112 valence electrons. The van der Waals surface area contributed by atoms with Crippen molar-refractivity contribution in [1.29, 1.82) is 0 Å². The van der Waals surface area contributed by atoms with Crippen molar-refractivity contribution in [3.8, 4) is 0 Å². The van der Waals surface area contributed by atoms with Crippen LogP contribution in [0.4, 0.5) is 0 Å². The molecule has 0 aromatic carbocycles. The van der Waals surface area contributed by atoms with Gasteiger partial charge in [0.05, 0.1) is 6.54 Å². The number of hydrogen-bond donors (Lipinski definition) is 2. The third kappa shape index (κ3) is 4.35. The molecule has 1 saturated heterocycles. The summed E-state index contributed by atoms with van der Waals surface area (Å²) in [6.07, 6.45) is 3.95. The second-order valence-electron chi connectivity index (χ2n) is 5.65. The van der Waals surface area contributed by atoms with Crippen molar-refractivity contribution in [2.24, 2.45) is 11.7 Å². The molecule has 1 unspecified atom stereocenters. The standard InChI is InChI=1S/C15H25N3O2/c1-12(11-18-7-3-2-4-8-18)10-17-15(19)14-6-5-13(9-16)20-14/h5-6,12H,2-4,7-11,16H2,1H3,(H,17,19). The van der Waals surface area contributed by atoms with Gasteiger partial charge in [-0.2, -0.15) is 0 Å². The second-order valence-corrected chi connectivity index (χ2v) is 5.65. The number of amides is 1. The Balaban J connectivity index is 1.71. The van der Waals surface area contributed by atoms with Crippen molar-refractivity contribution in [3.63, 3.8) is 0 Å². The van der Waals surface area contributed by atoms with Gasteiger partial charge in [0, 0.05) is 13.1 Å². The molecule has 2 rings (SSSR count). The number of rotatable bonds is 6. The molecule has 0 saturated carbocycles. The fourth-order valence-corrected chi connectivity index (χ4v) is 2.61. The van der Waals surface area contributed by atoms with Crippen LogP contribution in [0.3, 0.4) is 0 Å². The van der Waals surface area contributed by atoms with Crippen molar-refractivity contribution in [2.75, 3.05) is 26.2 Å². The monoisotopic (exact) mass is 279 g/mol. The van der Waals surface area contributed by atoms with Crippen LogP contribution in [-0.4, -0.2) is 37.0 Å². The molecule has 0 radical (unpaired) electrons. The Morgan fingerprint density at radius 3 is 2.80 bits per heavy atom. The molecular weight excluding hydrogens is 254 g/mol. The zero-order chi connectivity index (χ0) is 14.4. The zero-order valence-electron chi connectivity index (χ0n) is 12.2. The molecule has 1 aromatic heterocycles. The summed E-state index contributed by atoms with van der Waals surface area (Å²) in [4.78, 5) is 14.4. The van der Waals surface area contributed by atoms with Crippen molar-refractivity contribution in [2.45, 2.75) is 32.7 Å². The van der Waals surface area contributed by atoms with E-state index in [-0.39, 0.29) is 5.91 Å². The maximum absolute atomic E-state index is 11.9. The van der Waals surface area contributed by atoms with Crippen LogP contribution in [0.15, 0.2) is 16.5 Å². The van der Waals surface area contributed by atoms with E-state index in [2.05, 4.69) is 17.1 Å². The first-order valence-electron chi connectivity index (χ1n) is 7.48. The van der Waals surface area contributed by atoms with Crippen molar-refractivity contribution < 1.29 is 9.21 Å². The van der Waals surface area contributed by atoms with Crippen LogP contribution in [-0.2, 0) is 6.54 Å². The first kappa shape index (κ1) is 15.1. The first-order valence-corrected chi connectivity index (χ1v) is 7.48. The number of nitrogens with two attached hydrogens (primary N) is 1. The number of furan rings is 1. The molecule has 5 heteroatoms.